The number of likely N-dealkylation sites (tertiary alicyclic amines) is 1. The highest BCUT2D eigenvalue weighted by atomic mass is 32.1. The number of hydrogen-bond acceptors (Lipinski definition) is 11. The summed E-state index contributed by atoms with van der Waals surface area (Å²) in [7, 11) is 0. The van der Waals surface area contributed by atoms with Gasteiger partial charge < -0.3 is 41.6 Å². The maximum Gasteiger partial charge on any atom is 0.255 e. The summed E-state index contributed by atoms with van der Waals surface area (Å²) in [4.78, 5) is 86.1. The lowest BCUT2D eigenvalue weighted by Gasteiger charge is -2.35. The highest BCUT2D eigenvalue weighted by Crippen LogP contribution is 2.31. The number of rotatable bonds is 17. The molecule has 8 rings (SSSR count). The maximum atomic E-state index is 14.1. The number of hydrogen-bond donors (Lipinski definition) is 7. The summed E-state index contributed by atoms with van der Waals surface area (Å²) in [6.45, 7) is 9.31. The van der Waals surface area contributed by atoms with Crippen molar-refractivity contribution in [2.75, 3.05) is 22.5 Å². The molecule has 4 aromatic carbocycles. The van der Waals surface area contributed by atoms with Crippen molar-refractivity contribution in [1.29, 1.82) is 0 Å². The fourth-order valence-electron chi connectivity index (χ4n) is 8.63. The standard InChI is InChI=1S/C54H58N10O6S/c1-32(34-17-19-35(20-18-34)49-33(2)58-31-71-49)59-52(69)45-26-40(65)29-64(45)53(70)50(54(3,4)5)63-48(67)16-9-8-15-47(66)61-37-23-21-36(22-24-37)51(68)62-39-12-10-11-38(25-39)60-46-27-44(56-30-57-46)42-28-55-43-14-7-6-13-41(42)43/h6-7,10-14,17-25,27-28,30-32,40,45,50,55,65H,8-9,15-16,26,29H2,1-5H3,(H,59,69)(H,61,66)(H,62,68)(H,63,67)(H,56,57,60). The second kappa shape index (κ2) is 21.9. The number of aryl methyl sites for hydroxylation is 1. The van der Waals surface area contributed by atoms with Crippen LogP contribution in [0.15, 0.2) is 121 Å². The molecule has 366 valence electrons. The maximum absolute atomic E-state index is 14.1. The van der Waals surface area contributed by atoms with E-state index in [4.69, 9.17) is 0 Å². The minimum absolute atomic E-state index is 0.0319. The number of anilines is 4. The molecule has 0 saturated carbocycles. The normalized spacial score (nSPS) is 15.4. The third kappa shape index (κ3) is 12.3. The highest BCUT2D eigenvalue weighted by Gasteiger charge is 2.44. The molecule has 3 aromatic heterocycles. The Balaban J connectivity index is 0.772. The summed E-state index contributed by atoms with van der Waals surface area (Å²) >= 11 is 1.57. The van der Waals surface area contributed by atoms with Crippen molar-refractivity contribution in [2.45, 2.75) is 91.0 Å². The number of benzene rings is 4. The van der Waals surface area contributed by atoms with Gasteiger partial charge >= 0.3 is 0 Å². The molecule has 0 aliphatic carbocycles. The molecule has 4 unspecified atom stereocenters. The van der Waals surface area contributed by atoms with Crippen LogP contribution in [-0.2, 0) is 19.2 Å². The minimum atomic E-state index is -0.965. The molecule has 16 nitrogen and oxygen atoms in total. The van der Waals surface area contributed by atoms with Crippen molar-refractivity contribution in [3.8, 4) is 21.7 Å². The number of fused-ring (bicyclic) bond motifs is 1. The van der Waals surface area contributed by atoms with Crippen molar-refractivity contribution in [3.63, 3.8) is 0 Å². The molecule has 5 amide bonds. The predicted octanol–water partition coefficient (Wildman–Crippen LogP) is 8.92. The molecule has 4 atom stereocenters. The van der Waals surface area contributed by atoms with Gasteiger partial charge in [0, 0.05) is 77.2 Å². The number of thiazole rings is 1. The number of aromatic amines is 1. The van der Waals surface area contributed by atoms with E-state index in [1.807, 2.05) is 113 Å². The Morgan fingerprint density at radius 2 is 1.55 bits per heavy atom. The van der Waals surface area contributed by atoms with Crippen LogP contribution in [0.3, 0.4) is 0 Å². The van der Waals surface area contributed by atoms with E-state index in [2.05, 4.69) is 46.5 Å². The van der Waals surface area contributed by atoms with E-state index in [0.29, 0.717) is 35.6 Å². The zero-order valence-corrected chi connectivity index (χ0v) is 41.1. The van der Waals surface area contributed by atoms with Crippen LogP contribution in [0.25, 0.3) is 32.6 Å². The van der Waals surface area contributed by atoms with Gasteiger partial charge in [0.1, 0.15) is 24.2 Å². The second-order valence-electron chi connectivity index (χ2n) is 18.9. The lowest BCUT2D eigenvalue weighted by molar-refractivity contribution is -0.144. The van der Waals surface area contributed by atoms with Gasteiger partial charge in [-0.2, -0.15) is 0 Å². The summed E-state index contributed by atoms with van der Waals surface area (Å²) in [6.07, 6.45) is 3.65. The van der Waals surface area contributed by atoms with Gasteiger partial charge in [0.05, 0.1) is 33.9 Å². The molecular formula is C54H58N10O6S. The summed E-state index contributed by atoms with van der Waals surface area (Å²) in [6, 6.07) is 29.4. The molecule has 4 heterocycles. The van der Waals surface area contributed by atoms with Gasteiger partial charge in [-0.1, -0.05) is 69.3 Å². The molecule has 1 aliphatic rings. The first kappa shape index (κ1) is 49.7. The summed E-state index contributed by atoms with van der Waals surface area (Å²) in [5.41, 5.74) is 8.93. The molecule has 1 saturated heterocycles. The Bertz CT molecular complexity index is 3040. The quantitative estimate of drug-likeness (QED) is 0.0429. The first-order valence-corrected chi connectivity index (χ1v) is 24.5. The first-order chi connectivity index (χ1) is 34.1. The van der Waals surface area contributed by atoms with Crippen LogP contribution in [0.5, 0.6) is 0 Å². The number of carbonyl (C=O) groups excluding carboxylic acids is 5. The fourth-order valence-corrected chi connectivity index (χ4v) is 9.44. The monoisotopic (exact) mass is 974 g/mol. The number of amides is 5. The number of aliphatic hydroxyl groups excluding tert-OH is 1. The number of β-amino-alcohol motifs (C(OH)–C–C–N with tert-alkyl or cyclic N) is 1. The third-order valence-corrected chi connectivity index (χ3v) is 13.5. The van der Waals surface area contributed by atoms with Crippen LogP contribution < -0.4 is 26.6 Å². The van der Waals surface area contributed by atoms with Crippen LogP contribution >= 0.6 is 11.3 Å². The number of carbonyl (C=O) groups is 5. The lowest BCUT2D eigenvalue weighted by Crippen LogP contribution is -2.57. The zero-order valence-electron chi connectivity index (χ0n) is 40.3. The molecule has 7 aromatic rings. The predicted molar refractivity (Wildman–Crippen MR) is 277 cm³/mol. The lowest BCUT2D eigenvalue weighted by atomic mass is 9.85. The van der Waals surface area contributed by atoms with Gasteiger partial charge in [-0.25, -0.2) is 15.0 Å². The van der Waals surface area contributed by atoms with Gasteiger partial charge in [0.2, 0.25) is 23.6 Å². The molecule has 0 spiro atoms. The van der Waals surface area contributed by atoms with Crippen molar-refractivity contribution < 1.29 is 29.1 Å². The number of nitrogens with one attached hydrogen (secondary N) is 6. The molecule has 0 bridgehead atoms. The van der Waals surface area contributed by atoms with Crippen LogP contribution in [-0.4, -0.2) is 84.2 Å². The minimum Gasteiger partial charge on any atom is -0.391 e. The van der Waals surface area contributed by atoms with Crippen LogP contribution in [0.4, 0.5) is 22.9 Å². The number of unbranched alkanes of at least 4 members (excludes halogenated alkanes) is 1. The van der Waals surface area contributed by atoms with Gasteiger partial charge in [0.15, 0.2) is 0 Å². The molecule has 17 heteroatoms. The highest BCUT2D eigenvalue weighted by molar-refractivity contribution is 7.13. The van der Waals surface area contributed by atoms with E-state index in [1.165, 1.54) is 11.2 Å². The largest absolute Gasteiger partial charge is 0.391 e. The van der Waals surface area contributed by atoms with Gasteiger partial charge in [-0.3, -0.25) is 24.0 Å². The number of aromatic nitrogens is 4. The van der Waals surface area contributed by atoms with Crippen molar-refractivity contribution in [3.05, 3.63) is 138 Å². The Morgan fingerprint density at radius 3 is 2.28 bits per heavy atom. The number of aliphatic hydroxyl groups is 1. The fraction of sp³-hybridized carbons (Fsp3) is 0.296. The van der Waals surface area contributed by atoms with E-state index in [1.54, 1.807) is 47.7 Å². The van der Waals surface area contributed by atoms with Gasteiger partial charge in [-0.05, 0) is 91.8 Å². The third-order valence-electron chi connectivity index (χ3n) is 12.5. The SMILES string of the molecule is Cc1ncsc1-c1ccc(C(C)NC(=O)C2CC(O)CN2C(=O)C(NC(=O)CCCCC(=O)Nc2ccc(C(=O)Nc3cccc(Nc4cc(-c5c[nH]c6ccccc56)ncn4)c3)cc2)C(C)(C)C)cc1. The summed E-state index contributed by atoms with van der Waals surface area (Å²) in [5.74, 6) is -1.17. The molecule has 0 radical (unpaired) electrons. The number of para-hydroxylation sites is 1. The van der Waals surface area contributed by atoms with E-state index in [9.17, 15) is 29.1 Å². The second-order valence-corrected chi connectivity index (χ2v) is 19.8. The number of nitrogens with zero attached hydrogens (tertiary/aromatic N) is 4. The van der Waals surface area contributed by atoms with E-state index in [0.717, 1.165) is 49.5 Å². The van der Waals surface area contributed by atoms with Gasteiger partial charge in [-0.15, -0.1) is 11.3 Å². The average molecular weight is 975 g/mol. The van der Waals surface area contributed by atoms with Crippen molar-refractivity contribution >= 4 is 74.7 Å². The molecule has 71 heavy (non-hydrogen) atoms. The Hall–Kier alpha value is -7.76. The molecule has 7 N–H and O–H groups in total. The van der Waals surface area contributed by atoms with Crippen LogP contribution in [0.2, 0.25) is 0 Å². The zero-order chi connectivity index (χ0) is 50.2. The smallest absolute Gasteiger partial charge is 0.255 e. The number of H-pyrrole nitrogens is 1. The summed E-state index contributed by atoms with van der Waals surface area (Å²) in [5, 5.41) is 26.7. The van der Waals surface area contributed by atoms with Crippen LogP contribution in [0.1, 0.15) is 87.5 Å². The molecular weight excluding hydrogens is 917 g/mol. The van der Waals surface area contributed by atoms with E-state index >= 15 is 0 Å². The van der Waals surface area contributed by atoms with Gasteiger partial charge in [0.25, 0.3) is 5.91 Å². The Kier molecular flexibility index (Phi) is 15.3. The Labute approximate surface area is 416 Å². The topological polar surface area (TPSA) is 223 Å². The van der Waals surface area contributed by atoms with Crippen molar-refractivity contribution in [1.82, 2.24) is 35.5 Å². The van der Waals surface area contributed by atoms with Crippen LogP contribution in [0, 0.1) is 12.3 Å². The van der Waals surface area contributed by atoms with E-state index in [-0.39, 0.29) is 55.5 Å². The first-order valence-electron chi connectivity index (χ1n) is 23.6. The van der Waals surface area contributed by atoms with Crippen molar-refractivity contribution in [2.24, 2.45) is 5.41 Å². The average Bonchev–Trinajstić information content (AvgIpc) is 4.10. The molecule has 1 fully saturated rings. The van der Waals surface area contributed by atoms with E-state index < -0.39 is 29.5 Å². The summed E-state index contributed by atoms with van der Waals surface area (Å²) < 4.78 is 0. The Morgan fingerprint density at radius 1 is 0.817 bits per heavy atom. The molecule has 1 aliphatic heterocycles.